The van der Waals surface area contributed by atoms with Gasteiger partial charge in [-0.2, -0.15) is 0 Å². The Morgan fingerprint density at radius 3 is 2.37 bits per heavy atom. The zero-order valence-electron chi connectivity index (χ0n) is 17.2. The number of thiocarbonyl (C=S) groups is 1. The number of methoxy groups -OCH3 is 1. The second kappa shape index (κ2) is 9.73. The number of amides is 1. The highest BCUT2D eigenvalue weighted by atomic mass is 35.5. The Kier molecular flexibility index (Phi) is 7.28. The summed E-state index contributed by atoms with van der Waals surface area (Å²) in [7, 11) is 3.20. The van der Waals surface area contributed by atoms with Gasteiger partial charge in [-0.15, -0.1) is 0 Å². The van der Waals surface area contributed by atoms with Crippen molar-refractivity contribution < 1.29 is 19.0 Å². The highest BCUT2D eigenvalue weighted by Crippen LogP contribution is 2.38. The number of hydrogen-bond acceptors (Lipinski definition) is 6. The lowest BCUT2D eigenvalue weighted by atomic mass is 10.1. The predicted molar refractivity (Wildman–Crippen MR) is 126 cm³/mol. The number of carbonyl (C=O) groups is 1. The summed E-state index contributed by atoms with van der Waals surface area (Å²) in [4.78, 5) is 14.2. The van der Waals surface area contributed by atoms with Crippen molar-refractivity contribution in [3.63, 3.8) is 0 Å². The lowest BCUT2D eigenvalue weighted by Crippen LogP contribution is -2.22. The van der Waals surface area contributed by atoms with Gasteiger partial charge in [0, 0.05) is 7.05 Å². The molecule has 0 spiro atoms. The third-order valence-corrected chi connectivity index (χ3v) is 6.10. The van der Waals surface area contributed by atoms with Crippen LogP contribution in [-0.2, 0) is 4.79 Å². The first-order valence-corrected chi connectivity index (χ1v) is 10.8. The van der Waals surface area contributed by atoms with Crippen LogP contribution >= 0.6 is 35.6 Å². The molecule has 3 rings (SSSR count). The predicted octanol–water partition coefficient (Wildman–Crippen LogP) is 5.25. The van der Waals surface area contributed by atoms with Gasteiger partial charge in [0.1, 0.15) is 23.3 Å². The summed E-state index contributed by atoms with van der Waals surface area (Å²) >= 11 is 12.8. The maximum Gasteiger partial charge on any atom is 0.265 e. The maximum absolute atomic E-state index is 12.2. The van der Waals surface area contributed by atoms with Gasteiger partial charge in [0.15, 0.2) is 11.5 Å². The molecule has 0 saturated carbocycles. The fraction of sp³-hybridized carbons (Fsp3) is 0.273. The van der Waals surface area contributed by atoms with E-state index < -0.39 is 0 Å². The summed E-state index contributed by atoms with van der Waals surface area (Å²) in [6, 6.07) is 9.55. The van der Waals surface area contributed by atoms with Crippen molar-refractivity contribution in [2.75, 3.05) is 27.4 Å². The molecule has 8 heteroatoms. The average Bonchev–Trinajstić information content (AvgIpc) is 2.92. The first kappa shape index (κ1) is 22.5. The number of benzene rings is 2. The molecule has 1 fully saturated rings. The standard InChI is InChI=1S/C22H22ClNO4S2/c1-13-7-14(2)9-16(8-13)27-5-6-28-20-17(23)10-15(11-18(20)26-4)12-19-21(25)24(3)22(29)30-19/h7-12H,5-6H2,1-4H3/b19-12+. The molecule has 0 atom stereocenters. The van der Waals surface area contributed by atoms with Crippen LogP contribution in [0.25, 0.3) is 6.08 Å². The van der Waals surface area contributed by atoms with Crippen molar-refractivity contribution in [1.29, 1.82) is 0 Å². The van der Waals surface area contributed by atoms with Gasteiger partial charge in [0.25, 0.3) is 5.91 Å². The number of ether oxygens (including phenoxy) is 3. The number of halogens is 1. The molecular formula is C22H22ClNO4S2. The van der Waals surface area contributed by atoms with Gasteiger partial charge in [0.2, 0.25) is 0 Å². The Bertz CT molecular complexity index is 1000. The zero-order valence-corrected chi connectivity index (χ0v) is 19.5. The van der Waals surface area contributed by atoms with E-state index in [4.69, 9.17) is 38.0 Å². The van der Waals surface area contributed by atoms with Gasteiger partial charge in [-0.25, -0.2) is 0 Å². The second-order valence-corrected chi connectivity index (χ2v) is 8.88. The molecule has 1 aliphatic rings. The van der Waals surface area contributed by atoms with Crippen LogP contribution in [0.3, 0.4) is 0 Å². The molecule has 2 aromatic carbocycles. The van der Waals surface area contributed by atoms with E-state index in [9.17, 15) is 4.79 Å². The Balaban J connectivity index is 1.68. The Morgan fingerprint density at radius 1 is 1.10 bits per heavy atom. The minimum absolute atomic E-state index is 0.135. The van der Waals surface area contributed by atoms with Crippen molar-refractivity contribution in [1.82, 2.24) is 4.90 Å². The molecule has 1 saturated heterocycles. The molecule has 1 heterocycles. The van der Waals surface area contributed by atoms with Crippen molar-refractivity contribution >= 4 is 51.9 Å². The molecule has 5 nitrogen and oxygen atoms in total. The number of thioether (sulfide) groups is 1. The molecule has 0 N–H and O–H groups in total. The summed E-state index contributed by atoms with van der Waals surface area (Å²) in [6.07, 6.45) is 1.74. The van der Waals surface area contributed by atoms with Crippen LogP contribution in [0.5, 0.6) is 17.2 Å². The van der Waals surface area contributed by atoms with E-state index in [1.54, 1.807) is 32.4 Å². The molecular weight excluding hydrogens is 442 g/mol. The summed E-state index contributed by atoms with van der Waals surface area (Å²) in [6.45, 7) is 4.72. The molecule has 0 bridgehead atoms. The van der Waals surface area contributed by atoms with E-state index >= 15 is 0 Å². The number of nitrogens with zero attached hydrogens (tertiary/aromatic N) is 1. The third-order valence-electron chi connectivity index (χ3n) is 4.33. The summed E-state index contributed by atoms with van der Waals surface area (Å²) in [5.41, 5.74) is 3.02. The Morgan fingerprint density at radius 2 is 1.77 bits per heavy atom. The summed E-state index contributed by atoms with van der Waals surface area (Å²) in [5, 5.41) is 0.388. The molecule has 30 heavy (non-hydrogen) atoms. The fourth-order valence-electron chi connectivity index (χ4n) is 2.98. The van der Waals surface area contributed by atoms with Gasteiger partial charge in [-0.1, -0.05) is 41.6 Å². The van der Waals surface area contributed by atoms with E-state index in [2.05, 4.69) is 6.07 Å². The van der Waals surface area contributed by atoms with E-state index in [1.165, 1.54) is 16.7 Å². The molecule has 0 aromatic heterocycles. The van der Waals surface area contributed by atoms with Crippen LogP contribution in [-0.4, -0.2) is 42.5 Å². The van der Waals surface area contributed by atoms with Crippen molar-refractivity contribution in [3.05, 3.63) is 56.9 Å². The van der Waals surface area contributed by atoms with E-state index in [-0.39, 0.29) is 5.91 Å². The lowest BCUT2D eigenvalue weighted by molar-refractivity contribution is -0.121. The van der Waals surface area contributed by atoms with Gasteiger partial charge < -0.3 is 14.2 Å². The number of likely N-dealkylation sites (N-methyl/N-ethyl adjacent to an activating group) is 1. The van der Waals surface area contributed by atoms with Gasteiger partial charge in [-0.05, 0) is 60.9 Å². The quantitative estimate of drug-likeness (QED) is 0.317. The smallest absolute Gasteiger partial charge is 0.265 e. The van der Waals surface area contributed by atoms with E-state index in [0.29, 0.717) is 39.0 Å². The largest absolute Gasteiger partial charge is 0.493 e. The molecule has 1 aliphatic heterocycles. The maximum atomic E-state index is 12.2. The molecule has 158 valence electrons. The minimum atomic E-state index is -0.135. The molecule has 0 unspecified atom stereocenters. The number of hydrogen-bond donors (Lipinski definition) is 0. The van der Waals surface area contributed by atoms with Crippen molar-refractivity contribution in [2.24, 2.45) is 0 Å². The minimum Gasteiger partial charge on any atom is -0.493 e. The van der Waals surface area contributed by atoms with Crippen molar-refractivity contribution in [2.45, 2.75) is 13.8 Å². The van der Waals surface area contributed by atoms with Crippen LogP contribution in [0.2, 0.25) is 5.02 Å². The number of aryl methyl sites for hydroxylation is 2. The highest BCUT2D eigenvalue weighted by Gasteiger charge is 2.28. The third kappa shape index (κ3) is 5.28. The summed E-state index contributed by atoms with van der Waals surface area (Å²) in [5.74, 6) is 1.58. The van der Waals surface area contributed by atoms with E-state index in [0.717, 1.165) is 22.4 Å². The van der Waals surface area contributed by atoms with Crippen LogP contribution < -0.4 is 14.2 Å². The normalized spacial score (nSPS) is 15.1. The lowest BCUT2D eigenvalue weighted by Gasteiger charge is -2.14. The Labute approximate surface area is 190 Å². The van der Waals surface area contributed by atoms with Gasteiger partial charge in [-0.3, -0.25) is 9.69 Å². The topological polar surface area (TPSA) is 48.0 Å². The summed E-state index contributed by atoms with van der Waals surface area (Å²) < 4.78 is 17.6. The van der Waals surface area contributed by atoms with Crippen LogP contribution in [0.1, 0.15) is 16.7 Å². The van der Waals surface area contributed by atoms with Gasteiger partial charge in [0.05, 0.1) is 17.0 Å². The average molecular weight is 464 g/mol. The zero-order chi connectivity index (χ0) is 21.8. The molecule has 2 aromatic rings. The first-order valence-electron chi connectivity index (χ1n) is 9.21. The Hall–Kier alpha value is -2.22. The first-order chi connectivity index (χ1) is 14.3. The van der Waals surface area contributed by atoms with Crippen LogP contribution in [0.4, 0.5) is 0 Å². The van der Waals surface area contributed by atoms with E-state index in [1.807, 2.05) is 26.0 Å². The molecule has 0 radical (unpaired) electrons. The van der Waals surface area contributed by atoms with Gasteiger partial charge >= 0.3 is 0 Å². The van der Waals surface area contributed by atoms with Crippen LogP contribution in [0.15, 0.2) is 35.2 Å². The SMILES string of the molecule is COc1cc(/C=C2/SC(=S)N(C)C2=O)cc(Cl)c1OCCOc1cc(C)cc(C)c1. The molecule has 0 aliphatic carbocycles. The fourth-order valence-corrected chi connectivity index (χ4v) is 4.43. The monoisotopic (exact) mass is 463 g/mol. The highest BCUT2D eigenvalue weighted by molar-refractivity contribution is 8.26. The number of carbonyl (C=O) groups excluding carboxylic acids is 1. The second-order valence-electron chi connectivity index (χ2n) is 6.80. The number of rotatable bonds is 7. The van der Waals surface area contributed by atoms with Crippen LogP contribution in [0, 0.1) is 13.8 Å². The van der Waals surface area contributed by atoms with Crippen molar-refractivity contribution in [3.8, 4) is 17.2 Å². The molecule has 1 amide bonds.